The molecule has 0 radical (unpaired) electrons. The molecule has 2 aliphatic heterocycles. The van der Waals surface area contributed by atoms with E-state index in [1.165, 1.54) is 57.8 Å². The van der Waals surface area contributed by atoms with Crippen LogP contribution in [0.5, 0.6) is 0 Å². The average molecular weight is 724 g/mol. The second-order valence-corrected chi connectivity index (χ2v) is 14.1. The van der Waals surface area contributed by atoms with E-state index in [0.29, 0.717) is 19.3 Å². The largest absolute Gasteiger partial charge is 0.394 e. The Kier molecular flexibility index (Phi) is 23.4. The van der Waals surface area contributed by atoms with Crippen molar-refractivity contribution in [2.24, 2.45) is 0 Å². The number of hydrogen-bond acceptors (Lipinski definition) is 13. The van der Waals surface area contributed by atoms with Crippen molar-refractivity contribution in [3.8, 4) is 0 Å². The number of carbonyl (C=O) groups excluding carboxylic acids is 1. The van der Waals surface area contributed by atoms with Crippen LogP contribution >= 0.6 is 0 Å². The lowest BCUT2D eigenvalue weighted by molar-refractivity contribution is -0.359. The van der Waals surface area contributed by atoms with Gasteiger partial charge in [-0.3, -0.25) is 4.79 Å². The highest BCUT2D eigenvalue weighted by atomic mass is 16.7. The van der Waals surface area contributed by atoms with Gasteiger partial charge in [-0.15, -0.1) is 0 Å². The molecule has 0 aromatic carbocycles. The molecule has 2 heterocycles. The van der Waals surface area contributed by atoms with Crippen molar-refractivity contribution in [1.82, 2.24) is 5.32 Å². The number of aliphatic hydroxyl groups excluding tert-OH is 8. The van der Waals surface area contributed by atoms with Gasteiger partial charge in [0.25, 0.3) is 0 Å². The fourth-order valence-corrected chi connectivity index (χ4v) is 6.53. The summed E-state index contributed by atoms with van der Waals surface area (Å²) in [6, 6.07) is -0.815. The lowest BCUT2D eigenvalue weighted by Crippen LogP contribution is -2.65. The molecular formula is C36H69NO13. The molecule has 2 rings (SSSR count). The molecule has 14 heteroatoms. The molecule has 296 valence electrons. The second-order valence-electron chi connectivity index (χ2n) is 14.1. The van der Waals surface area contributed by atoms with Gasteiger partial charge in [0.2, 0.25) is 5.91 Å². The van der Waals surface area contributed by atoms with E-state index in [9.17, 15) is 45.6 Å². The number of aliphatic hydroxyl groups is 8. The fourth-order valence-electron chi connectivity index (χ4n) is 6.53. The third-order valence-electron chi connectivity index (χ3n) is 9.82. The third kappa shape index (κ3) is 15.5. The Labute approximate surface area is 298 Å². The van der Waals surface area contributed by atoms with E-state index in [-0.39, 0.29) is 12.5 Å². The Bertz CT molecular complexity index is 868. The van der Waals surface area contributed by atoms with Crippen molar-refractivity contribution in [3.63, 3.8) is 0 Å². The molecule has 50 heavy (non-hydrogen) atoms. The quantitative estimate of drug-likeness (QED) is 0.0549. The molecule has 2 saturated heterocycles. The molecule has 14 nitrogen and oxygen atoms in total. The predicted molar refractivity (Wildman–Crippen MR) is 185 cm³/mol. The molecule has 12 atom stereocenters. The number of nitrogens with one attached hydrogen (secondary N) is 1. The minimum atomic E-state index is -1.77. The number of rotatable bonds is 27. The maximum atomic E-state index is 12.7. The highest BCUT2D eigenvalue weighted by molar-refractivity contribution is 5.76. The van der Waals surface area contributed by atoms with Crippen LogP contribution in [0.2, 0.25) is 0 Å². The number of amides is 1. The van der Waals surface area contributed by atoms with Crippen molar-refractivity contribution in [3.05, 3.63) is 0 Å². The number of carbonyl (C=O) groups is 1. The van der Waals surface area contributed by atoms with Crippen molar-refractivity contribution in [2.75, 3.05) is 19.8 Å². The van der Waals surface area contributed by atoms with E-state index in [2.05, 4.69) is 12.2 Å². The highest BCUT2D eigenvalue weighted by Crippen LogP contribution is 2.30. The maximum absolute atomic E-state index is 12.7. The molecule has 0 spiro atoms. The van der Waals surface area contributed by atoms with Gasteiger partial charge in [-0.2, -0.15) is 0 Å². The molecule has 0 aromatic heterocycles. The van der Waals surface area contributed by atoms with E-state index in [1.807, 2.05) is 6.92 Å². The monoisotopic (exact) mass is 723 g/mol. The summed E-state index contributed by atoms with van der Waals surface area (Å²) in [6.07, 6.45) is 2.24. The zero-order valence-corrected chi connectivity index (χ0v) is 30.4. The van der Waals surface area contributed by atoms with Crippen molar-refractivity contribution in [1.29, 1.82) is 0 Å². The van der Waals surface area contributed by atoms with Gasteiger partial charge in [-0.25, -0.2) is 0 Å². The predicted octanol–water partition coefficient (Wildman–Crippen LogP) is 1.53. The summed E-state index contributed by atoms with van der Waals surface area (Å²) in [5.74, 6) is -0.233. The van der Waals surface area contributed by atoms with Crippen LogP contribution in [0.25, 0.3) is 0 Å². The Balaban J connectivity index is 1.88. The number of ether oxygens (including phenoxy) is 4. The molecule has 0 bridgehead atoms. The lowest BCUT2D eigenvalue weighted by atomic mass is 9.97. The van der Waals surface area contributed by atoms with Gasteiger partial charge in [0.05, 0.1) is 32.0 Å². The van der Waals surface area contributed by atoms with Crippen LogP contribution in [-0.2, 0) is 23.7 Å². The average Bonchev–Trinajstić information content (AvgIpc) is 3.11. The second kappa shape index (κ2) is 25.9. The van der Waals surface area contributed by atoms with Gasteiger partial charge in [-0.1, -0.05) is 110 Å². The summed E-state index contributed by atoms with van der Waals surface area (Å²) in [7, 11) is 0. The standard InChI is InChI=1S/C36H69NO13/c1-3-5-7-8-9-10-11-12-13-14-15-16-18-19-25(40)24(37-28(41)20-17-6-4-2)23-47-35-33(46)31(44)34(27(22-39)49-35)50-36-32(45)30(43)29(42)26(21-38)48-36/h24-27,29-36,38-40,42-46H,3-23H2,1-2H3,(H,37,41). The first-order valence-electron chi connectivity index (χ1n) is 19.3. The van der Waals surface area contributed by atoms with Crippen molar-refractivity contribution >= 4 is 5.91 Å². The van der Waals surface area contributed by atoms with Gasteiger partial charge in [0.1, 0.15) is 48.8 Å². The van der Waals surface area contributed by atoms with Crippen LogP contribution in [-0.4, -0.2) is 140 Å². The van der Waals surface area contributed by atoms with Gasteiger partial charge in [0.15, 0.2) is 12.6 Å². The van der Waals surface area contributed by atoms with Crippen LogP contribution in [0.1, 0.15) is 129 Å². The zero-order chi connectivity index (χ0) is 36.9. The number of hydrogen-bond donors (Lipinski definition) is 9. The minimum Gasteiger partial charge on any atom is -0.394 e. The summed E-state index contributed by atoms with van der Waals surface area (Å²) in [5, 5.41) is 85.7. The first kappa shape index (κ1) is 45.1. The Morgan fingerprint density at radius 1 is 0.640 bits per heavy atom. The summed E-state index contributed by atoms with van der Waals surface area (Å²) < 4.78 is 22.4. The number of unbranched alkanes of at least 4 members (excludes halogenated alkanes) is 14. The third-order valence-corrected chi connectivity index (χ3v) is 9.82. The summed E-state index contributed by atoms with van der Waals surface area (Å²) >= 11 is 0. The lowest BCUT2D eigenvalue weighted by Gasteiger charge is -2.46. The Morgan fingerprint density at radius 2 is 1.14 bits per heavy atom. The van der Waals surface area contributed by atoms with E-state index >= 15 is 0 Å². The van der Waals surface area contributed by atoms with Crippen LogP contribution in [0.3, 0.4) is 0 Å². The summed E-state index contributed by atoms with van der Waals surface area (Å²) in [4.78, 5) is 12.7. The fraction of sp³-hybridized carbons (Fsp3) is 0.972. The van der Waals surface area contributed by atoms with E-state index < -0.39 is 86.8 Å². The smallest absolute Gasteiger partial charge is 0.220 e. The molecule has 9 N–H and O–H groups in total. The van der Waals surface area contributed by atoms with Crippen LogP contribution in [0.4, 0.5) is 0 Å². The van der Waals surface area contributed by atoms with E-state index in [4.69, 9.17) is 18.9 Å². The molecule has 1 amide bonds. The van der Waals surface area contributed by atoms with E-state index in [1.54, 1.807) is 0 Å². The van der Waals surface area contributed by atoms with Crippen molar-refractivity contribution < 1.29 is 64.6 Å². The van der Waals surface area contributed by atoms with Gasteiger partial charge >= 0.3 is 0 Å². The Morgan fingerprint density at radius 3 is 1.70 bits per heavy atom. The summed E-state index contributed by atoms with van der Waals surface area (Å²) in [6.45, 7) is 2.63. The molecule has 2 aliphatic rings. The first-order chi connectivity index (χ1) is 24.1. The normalized spacial score (nSPS) is 31.4. The van der Waals surface area contributed by atoms with Crippen molar-refractivity contribution in [2.45, 2.75) is 203 Å². The molecule has 0 aliphatic carbocycles. The minimum absolute atomic E-state index is 0.233. The van der Waals surface area contributed by atoms with Gasteiger partial charge in [0, 0.05) is 6.42 Å². The van der Waals surface area contributed by atoms with Crippen LogP contribution in [0.15, 0.2) is 0 Å². The highest BCUT2D eigenvalue weighted by Gasteiger charge is 2.50. The molecule has 0 aromatic rings. The zero-order valence-electron chi connectivity index (χ0n) is 30.4. The SMILES string of the molecule is CCCCCCCCCCCCCCCC(O)C(COC1OC(CO)C(OC2OC(CO)C(O)C(O)C2O)C(O)C1O)NC(=O)CCCCC. The molecule has 0 saturated carbocycles. The van der Waals surface area contributed by atoms with Crippen LogP contribution in [0, 0.1) is 0 Å². The molecule has 2 fully saturated rings. The van der Waals surface area contributed by atoms with Gasteiger partial charge < -0.3 is 65.1 Å². The topological polar surface area (TPSA) is 228 Å². The van der Waals surface area contributed by atoms with Crippen LogP contribution < -0.4 is 5.32 Å². The van der Waals surface area contributed by atoms with Gasteiger partial charge in [-0.05, 0) is 12.8 Å². The molecule has 12 unspecified atom stereocenters. The van der Waals surface area contributed by atoms with E-state index in [0.717, 1.165) is 38.5 Å². The Hall–Kier alpha value is -1.01. The summed E-state index contributed by atoms with van der Waals surface area (Å²) in [5.41, 5.74) is 0. The first-order valence-corrected chi connectivity index (χ1v) is 19.3. The molecular weight excluding hydrogens is 654 g/mol. The maximum Gasteiger partial charge on any atom is 0.220 e.